The highest BCUT2D eigenvalue weighted by Gasteiger charge is 2.28. The summed E-state index contributed by atoms with van der Waals surface area (Å²) in [6, 6.07) is 11.6. The van der Waals surface area contributed by atoms with Crippen LogP contribution in [0.15, 0.2) is 42.5 Å². The van der Waals surface area contributed by atoms with Gasteiger partial charge in [-0.2, -0.15) is 0 Å². The molecule has 0 aliphatic heterocycles. The van der Waals surface area contributed by atoms with Gasteiger partial charge in [-0.1, -0.05) is 36.7 Å². The van der Waals surface area contributed by atoms with Crippen molar-refractivity contribution in [2.24, 2.45) is 0 Å². The summed E-state index contributed by atoms with van der Waals surface area (Å²) in [5.41, 5.74) is 2.50. The number of aryl methyl sites for hydroxylation is 2. The van der Waals surface area contributed by atoms with Gasteiger partial charge in [-0.05, 0) is 55.7 Å². The van der Waals surface area contributed by atoms with Crippen LogP contribution < -0.4 is 14.4 Å². The molecule has 2 aromatic carbocycles. The third kappa shape index (κ3) is 6.37. The topological polar surface area (TPSA) is 75.7 Å². The lowest BCUT2D eigenvalue weighted by Gasteiger charge is -2.28. The number of hydrogen-bond donors (Lipinski definition) is 1. The van der Waals surface area contributed by atoms with Crippen LogP contribution in [-0.4, -0.2) is 39.8 Å². The first kappa shape index (κ1) is 23.0. The summed E-state index contributed by atoms with van der Waals surface area (Å²) in [6.45, 7) is 5.96. The Morgan fingerprint density at radius 3 is 2.41 bits per heavy atom. The minimum Gasteiger partial charge on any atom is -0.492 e. The van der Waals surface area contributed by atoms with E-state index in [1.165, 1.54) is 0 Å². The van der Waals surface area contributed by atoms with E-state index in [0.29, 0.717) is 16.5 Å². The van der Waals surface area contributed by atoms with Gasteiger partial charge in [-0.15, -0.1) is 0 Å². The number of nitrogens with one attached hydrogen (secondary N) is 1. The summed E-state index contributed by atoms with van der Waals surface area (Å²) in [6.07, 6.45) is 1.94. The van der Waals surface area contributed by atoms with Crippen molar-refractivity contribution in [1.82, 2.24) is 5.32 Å². The van der Waals surface area contributed by atoms with Crippen LogP contribution in [0.5, 0.6) is 5.75 Å². The van der Waals surface area contributed by atoms with Crippen LogP contribution in [0, 0.1) is 6.92 Å². The van der Waals surface area contributed by atoms with Gasteiger partial charge in [0.05, 0.1) is 18.5 Å². The zero-order chi connectivity index (χ0) is 21.6. The van der Waals surface area contributed by atoms with Gasteiger partial charge in [0.15, 0.2) is 0 Å². The predicted molar refractivity (Wildman–Crippen MR) is 117 cm³/mol. The molecule has 0 fully saturated rings. The van der Waals surface area contributed by atoms with Gasteiger partial charge in [0.2, 0.25) is 15.9 Å². The van der Waals surface area contributed by atoms with E-state index in [0.717, 1.165) is 28.1 Å². The lowest BCUT2D eigenvalue weighted by atomic mass is 10.1. The molecule has 0 aromatic heterocycles. The smallest absolute Gasteiger partial charge is 0.243 e. The number of anilines is 1. The maximum atomic E-state index is 12.5. The molecule has 0 radical (unpaired) electrons. The van der Waals surface area contributed by atoms with Crippen LogP contribution in [0.4, 0.5) is 5.69 Å². The number of halogens is 1. The molecule has 0 aliphatic rings. The van der Waals surface area contributed by atoms with Crippen LogP contribution >= 0.6 is 11.6 Å². The number of rotatable bonds is 9. The van der Waals surface area contributed by atoms with Gasteiger partial charge in [-0.25, -0.2) is 8.42 Å². The van der Waals surface area contributed by atoms with Crippen molar-refractivity contribution >= 4 is 33.2 Å². The lowest BCUT2D eigenvalue weighted by Crippen LogP contribution is -2.48. The zero-order valence-electron chi connectivity index (χ0n) is 17.1. The highest BCUT2D eigenvalue weighted by atomic mass is 35.5. The maximum Gasteiger partial charge on any atom is 0.243 e. The van der Waals surface area contributed by atoms with Crippen molar-refractivity contribution in [2.75, 3.05) is 23.7 Å². The first-order chi connectivity index (χ1) is 13.6. The summed E-state index contributed by atoms with van der Waals surface area (Å²) in [4.78, 5) is 12.5. The molecule has 29 heavy (non-hydrogen) atoms. The second kappa shape index (κ2) is 9.98. The molecule has 0 saturated carbocycles. The fraction of sp³-hybridized carbons (Fsp3) is 0.381. The number of carbonyl (C=O) groups is 1. The molecule has 2 aromatic rings. The third-order valence-electron chi connectivity index (χ3n) is 4.50. The van der Waals surface area contributed by atoms with Crippen molar-refractivity contribution in [3.8, 4) is 5.75 Å². The van der Waals surface area contributed by atoms with Crippen molar-refractivity contribution < 1.29 is 17.9 Å². The van der Waals surface area contributed by atoms with Crippen LogP contribution in [-0.2, 0) is 21.2 Å². The van der Waals surface area contributed by atoms with E-state index in [-0.39, 0.29) is 13.2 Å². The fourth-order valence-corrected chi connectivity index (χ4v) is 4.19. The van der Waals surface area contributed by atoms with Gasteiger partial charge >= 0.3 is 0 Å². The molecule has 1 amide bonds. The van der Waals surface area contributed by atoms with E-state index in [1.807, 2.05) is 32.0 Å². The lowest BCUT2D eigenvalue weighted by molar-refractivity contribution is -0.121. The molecule has 0 saturated heterocycles. The highest BCUT2D eigenvalue weighted by Crippen LogP contribution is 2.22. The number of amides is 1. The van der Waals surface area contributed by atoms with Crippen molar-refractivity contribution in [3.63, 3.8) is 0 Å². The molecule has 6 nitrogen and oxygen atoms in total. The summed E-state index contributed by atoms with van der Waals surface area (Å²) >= 11 is 6.06. The van der Waals surface area contributed by atoms with E-state index in [1.54, 1.807) is 31.2 Å². The Morgan fingerprint density at radius 2 is 1.86 bits per heavy atom. The van der Waals surface area contributed by atoms with Crippen LogP contribution in [0.2, 0.25) is 5.02 Å². The summed E-state index contributed by atoms with van der Waals surface area (Å²) in [5.74, 6) is 0.206. The molecule has 0 spiro atoms. The molecule has 1 N–H and O–H groups in total. The standard InChI is InChI=1S/C21H27ClN2O4S/c1-5-17-7-9-18(10-8-17)24(29(4,26)27)16(3)21(25)23-12-13-28-19-11-6-15(2)20(22)14-19/h6-11,14,16H,5,12-13H2,1-4H3,(H,23,25). The van der Waals surface area contributed by atoms with Gasteiger partial charge in [0.1, 0.15) is 18.4 Å². The first-order valence-corrected chi connectivity index (χ1v) is 11.6. The molecule has 2 rings (SSSR count). The zero-order valence-corrected chi connectivity index (χ0v) is 18.7. The van der Waals surface area contributed by atoms with Crippen molar-refractivity contribution in [1.29, 1.82) is 0 Å². The Balaban J connectivity index is 1.98. The second-order valence-corrected chi connectivity index (χ2v) is 9.07. The Hall–Kier alpha value is -2.25. The summed E-state index contributed by atoms with van der Waals surface area (Å²) in [7, 11) is -3.64. The first-order valence-electron chi connectivity index (χ1n) is 9.38. The molecule has 0 aliphatic carbocycles. The van der Waals surface area contributed by atoms with E-state index in [2.05, 4.69) is 5.32 Å². The predicted octanol–water partition coefficient (Wildman–Crippen LogP) is 3.56. The average molecular weight is 439 g/mol. The monoisotopic (exact) mass is 438 g/mol. The number of ether oxygens (including phenoxy) is 1. The van der Waals surface area contributed by atoms with Gasteiger partial charge in [0, 0.05) is 5.02 Å². The maximum absolute atomic E-state index is 12.5. The number of carbonyl (C=O) groups excluding carboxylic acids is 1. The van der Waals surface area contributed by atoms with Crippen LogP contribution in [0.1, 0.15) is 25.0 Å². The second-order valence-electron chi connectivity index (χ2n) is 6.81. The SMILES string of the molecule is CCc1ccc(N(C(C)C(=O)NCCOc2ccc(C)c(Cl)c2)S(C)(=O)=O)cc1. The van der Waals surface area contributed by atoms with Crippen LogP contribution in [0.25, 0.3) is 0 Å². The van der Waals surface area contributed by atoms with Crippen LogP contribution in [0.3, 0.4) is 0 Å². The van der Waals surface area contributed by atoms with E-state index < -0.39 is 22.0 Å². The largest absolute Gasteiger partial charge is 0.492 e. The molecule has 158 valence electrons. The minimum atomic E-state index is -3.64. The Morgan fingerprint density at radius 1 is 1.21 bits per heavy atom. The highest BCUT2D eigenvalue weighted by molar-refractivity contribution is 7.92. The minimum absolute atomic E-state index is 0.237. The fourth-order valence-electron chi connectivity index (χ4n) is 2.84. The van der Waals surface area contributed by atoms with Crippen molar-refractivity contribution in [2.45, 2.75) is 33.2 Å². The van der Waals surface area contributed by atoms with E-state index >= 15 is 0 Å². The number of sulfonamides is 1. The quantitative estimate of drug-likeness (QED) is 0.607. The van der Waals surface area contributed by atoms with Gasteiger partial charge in [-0.3, -0.25) is 9.10 Å². The van der Waals surface area contributed by atoms with E-state index in [4.69, 9.17) is 16.3 Å². The molecule has 0 heterocycles. The Labute approximate surface area is 177 Å². The molecular weight excluding hydrogens is 412 g/mol. The normalized spacial score (nSPS) is 12.3. The van der Waals surface area contributed by atoms with Gasteiger partial charge < -0.3 is 10.1 Å². The van der Waals surface area contributed by atoms with E-state index in [9.17, 15) is 13.2 Å². The Kier molecular flexibility index (Phi) is 7.93. The Bertz CT molecular complexity index is 946. The number of benzene rings is 2. The van der Waals surface area contributed by atoms with Crippen molar-refractivity contribution in [3.05, 3.63) is 58.6 Å². The summed E-state index contributed by atoms with van der Waals surface area (Å²) < 4.78 is 31.3. The molecule has 0 bridgehead atoms. The third-order valence-corrected chi connectivity index (χ3v) is 6.15. The number of hydrogen-bond acceptors (Lipinski definition) is 4. The molecule has 1 unspecified atom stereocenters. The molecular formula is C21H27ClN2O4S. The number of nitrogens with zero attached hydrogens (tertiary/aromatic N) is 1. The summed E-state index contributed by atoms with van der Waals surface area (Å²) in [5, 5.41) is 3.33. The molecule has 8 heteroatoms. The van der Waals surface area contributed by atoms with Gasteiger partial charge in [0.25, 0.3) is 0 Å². The molecule has 1 atom stereocenters. The average Bonchev–Trinajstić information content (AvgIpc) is 2.67.